The van der Waals surface area contributed by atoms with Crippen molar-refractivity contribution >= 4 is 17.9 Å². The van der Waals surface area contributed by atoms with Crippen LogP contribution in [0.4, 0.5) is 5.82 Å². The standard InChI is InChI=1S/C15H16N8O5/c1-26-7-9-11(23(22-18-9)14-13(16)20-28-21-14)15(25)19-17-6-8-4-3-5-10(27-2)12(8)24/h3-6,24H,7H2,1-2H3,(H2,16,20)(H,19,25). The van der Waals surface area contributed by atoms with Gasteiger partial charge in [-0.25, -0.2) is 10.1 Å². The zero-order chi connectivity index (χ0) is 20.1. The quantitative estimate of drug-likeness (QED) is 0.364. The first-order chi connectivity index (χ1) is 13.6. The number of nitrogens with two attached hydrogens (primary N) is 1. The fourth-order valence-corrected chi connectivity index (χ4v) is 2.28. The number of aromatic nitrogens is 5. The van der Waals surface area contributed by atoms with Gasteiger partial charge < -0.3 is 20.3 Å². The molecular formula is C15H16N8O5. The van der Waals surface area contributed by atoms with E-state index in [9.17, 15) is 9.90 Å². The van der Waals surface area contributed by atoms with Gasteiger partial charge in [-0.15, -0.1) is 5.10 Å². The molecule has 0 unspecified atom stereocenters. The topological polar surface area (TPSA) is 176 Å². The van der Waals surface area contributed by atoms with Crippen LogP contribution in [0.5, 0.6) is 11.5 Å². The van der Waals surface area contributed by atoms with E-state index in [4.69, 9.17) is 15.2 Å². The van der Waals surface area contributed by atoms with Gasteiger partial charge in [-0.1, -0.05) is 11.3 Å². The first-order valence-corrected chi connectivity index (χ1v) is 7.78. The van der Waals surface area contributed by atoms with Crippen molar-refractivity contribution in [1.29, 1.82) is 0 Å². The van der Waals surface area contributed by atoms with Crippen molar-refractivity contribution in [2.75, 3.05) is 20.0 Å². The van der Waals surface area contributed by atoms with Gasteiger partial charge in [0.15, 0.2) is 17.2 Å². The van der Waals surface area contributed by atoms with Gasteiger partial charge in [0.2, 0.25) is 11.6 Å². The van der Waals surface area contributed by atoms with Gasteiger partial charge in [0.05, 0.1) is 19.9 Å². The number of hydrazone groups is 1. The molecule has 0 atom stereocenters. The van der Waals surface area contributed by atoms with E-state index >= 15 is 0 Å². The highest BCUT2D eigenvalue weighted by Gasteiger charge is 2.24. The molecule has 1 aromatic carbocycles. The Labute approximate surface area is 157 Å². The molecule has 146 valence electrons. The number of carbonyl (C=O) groups excluding carboxylic acids is 1. The number of benzene rings is 1. The Morgan fingerprint density at radius 1 is 1.43 bits per heavy atom. The van der Waals surface area contributed by atoms with E-state index in [1.807, 2.05) is 0 Å². The highest BCUT2D eigenvalue weighted by Crippen LogP contribution is 2.27. The molecule has 0 aliphatic carbocycles. The number of phenolic OH excluding ortho intramolecular Hbond substituents is 1. The zero-order valence-electron chi connectivity index (χ0n) is 14.9. The highest BCUT2D eigenvalue weighted by atomic mass is 16.6. The Kier molecular flexibility index (Phi) is 5.45. The second-order valence-corrected chi connectivity index (χ2v) is 5.30. The summed E-state index contributed by atoms with van der Waals surface area (Å²) in [5.41, 5.74) is 8.53. The second-order valence-electron chi connectivity index (χ2n) is 5.30. The number of nitrogens with zero attached hydrogens (tertiary/aromatic N) is 6. The van der Waals surface area contributed by atoms with Crippen LogP contribution in [0.15, 0.2) is 27.9 Å². The molecule has 28 heavy (non-hydrogen) atoms. The Bertz CT molecular complexity index is 1010. The summed E-state index contributed by atoms with van der Waals surface area (Å²) in [4.78, 5) is 12.6. The minimum atomic E-state index is -0.668. The third kappa shape index (κ3) is 3.59. The number of amides is 1. The van der Waals surface area contributed by atoms with Crippen LogP contribution >= 0.6 is 0 Å². The molecule has 3 rings (SSSR count). The highest BCUT2D eigenvalue weighted by molar-refractivity contribution is 5.95. The van der Waals surface area contributed by atoms with Crippen molar-refractivity contribution < 1.29 is 24.0 Å². The van der Waals surface area contributed by atoms with Crippen molar-refractivity contribution in [3.8, 4) is 17.3 Å². The minimum absolute atomic E-state index is 0.00516. The van der Waals surface area contributed by atoms with E-state index in [0.717, 1.165) is 4.68 Å². The van der Waals surface area contributed by atoms with Crippen LogP contribution in [-0.4, -0.2) is 56.8 Å². The van der Waals surface area contributed by atoms with E-state index in [0.29, 0.717) is 5.56 Å². The molecule has 0 aliphatic rings. The van der Waals surface area contributed by atoms with E-state index in [1.54, 1.807) is 18.2 Å². The lowest BCUT2D eigenvalue weighted by molar-refractivity contribution is 0.0941. The van der Waals surface area contributed by atoms with Crippen molar-refractivity contribution in [3.05, 3.63) is 35.2 Å². The smallest absolute Gasteiger partial charge is 0.292 e. The maximum atomic E-state index is 12.6. The summed E-state index contributed by atoms with van der Waals surface area (Å²) in [6, 6.07) is 4.85. The normalized spacial score (nSPS) is 11.1. The average Bonchev–Trinajstić information content (AvgIpc) is 3.29. The minimum Gasteiger partial charge on any atom is -0.504 e. The Morgan fingerprint density at radius 3 is 2.93 bits per heavy atom. The predicted molar refractivity (Wildman–Crippen MR) is 94.1 cm³/mol. The molecular weight excluding hydrogens is 372 g/mol. The number of nitrogens with one attached hydrogen (secondary N) is 1. The van der Waals surface area contributed by atoms with E-state index in [2.05, 4.69) is 35.8 Å². The van der Waals surface area contributed by atoms with E-state index in [-0.39, 0.29) is 41.1 Å². The molecule has 0 bridgehead atoms. The molecule has 13 nitrogen and oxygen atoms in total. The number of methoxy groups -OCH3 is 2. The lowest BCUT2D eigenvalue weighted by Gasteiger charge is -2.06. The molecule has 0 saturated heterocycles. The monoisotopic (exact) mass is 388 g/mol. The maximum Gasteiger partial charge on any atom is 0.292 e. The molecule has 0 aliphatic heterocycles. The molecule has 0 fully saturated rings. The third-order valence-corrected chi connectivity index (χ3v) is 3.55. The lowest BCUT2D eigenvalue weighted by atomic mass is 10.2. The summed E-state index contributed by atoms with van der Waals surface area (Å²) in [5, 5.41) is 28.7. The molecule has 13 heteroatoms. The van der Waals surface area contributed by atoms with Gasteiger partial charge in [-0.3, -0.25) is 4.79 Å². The van der Waals surface area contributed by atoms with Crippen LogP contribution in [0.25, 0.3) is 5.82 Å². The Morgan fingerprint density at radius 2 is 2.25 bits per heavy atom. The number of rotatable bonds is 7. The number of hydrogen-bond donors (Lipinski definition) is 3. The third-order valence-electron chi connectivity index (χ3n) is 3.55. The predicted octanol–water partition coefficient (Wildman–Crippen LogP) is -0.143. The number of nitrogen functional groups attached to an aromatic ring is 1. The molecule has 0 spiro atoms. The summed E-state index contributed by atoms with van der Waals surface area (Å²) in [5.74, 6) is -0.592. The van der Waals surface area contributed by atoms with E-state index in [1.165, 1.54) is 20.4 Å². The van der Waals surface area contributed by atoms with Crippen LogP contribution < -0.4 is 15.9 Å². The average molecular weight is 388 g/mol. The largest absolute Gasteiger partial charge is 0.504 e. The van der Waals surface area contributed by atoms with Crippen molar-refractivity contribution in [2.45, 2.75) is 6.61 Å². The molecule has 0 radical (unpaired) electrons. The molecule has 3 aromatic rings. The van der Waals surface area contributed by atoms with Crippen molar-refractivity contribution in [2.24, 2.45) is 5.10 Å². The Hall–Kier alpha value is -4.00. The molecule has 2 aromatic heterocycles. The Balaban J connectivity index is 1.86. The van der Waals surface area contributed by atoms with E-state index < -0.39 is 5.91 Å². The van der Waals surface area contributed by atoms with Crippen molar-refractivity contribution in [3.63, 3.8) is 0 Å². The number of hydrogen-bond acceptors (Lipinski definition) is 11. The fraction of sp³-hybridized carbons (Fsp3) is 0.200. The van der Waals surface area contributed by atoms with Gasteiger partial charge >= 0.3 is 0 Å². The summed E-state index contributed by atoms with van der Waals surface area (Å²) in [6.45, 7) is 0.00826. The van der Waals surface area contributed by atoms with Crippen LogP contribution in [0, 0.1) is 0 Å². The van der Waals surface area contributed by atoms with Crippen LogP contribution in [0.3, 0.4) is 0 Å². The first kappa shape index (κ1) is 18.8. The number of anilines is 1. The molecule has 2 heterocycles. The molecule has 1 amide bonds. The fourth-order valence-electron chi connectivity index (χ4n) is 2.28. The maximum absolute atomic E-state index is 12.6. The second kappa shape index (κ2) is 8.13. The van der Waals surface area contributed by atoms with Gasteiger partial charge in [0, 0.05) is 12.7 Å². The number of carbonyl (C=O) groups is 1. The number of ether oxygens (including phenoxy) is 2. The van der Waals surface area contributed by atoms with Gasteiger partial charge in [-0.2, -0.15) is 9.78 Å². The molecule has 0 saturated carbocycles. The number of para-hydroxylation sites is 1. The number of aromatic hydroxyl groups is 1. The van der Waals surface area contributed by atoms with Crippen LogP contribution in [-0.2, 0) is 11.3 Å². The summed E-state index contributed by atoms with van der Waals surface area (Å²) in [6.07, 6.45) is 1.26. The summed E-state index contributed by atoms with van der Waals surface area (Å²) < 4.78 is 15.6. The van der Waals surface area contributed by atoms with Gasteiger partial charge in [0.25, 0.3) is 5.91 Å². The van der Waals surface area contributed by atoms with Crippen LogP contribution in [0.2, 0.25) is 0 Å². The molecule has 4 N–H and O–H groups in total. The summed E-state index contributed by atoms with van der Waals surface area (Å²) >= 11 is 0. The van der Waals surface area contributed by atoms with Crippen molar-refractivity contribution in [1.82, 2.24) is 30.7 Å². The number of phenols is 1. The summed E-state index contributed by atoms with van der Waals surface area (Å²) in [7, 11) is 2.87. The SMILES string of the molecule is COCc1nnn(-c2nonc2N)c1C(=O)NN=Cc1cccc(OC)c1O. The lowest BCUT2D eigenvalue weighted by Crippen LogP contribution is -2.23. The first-order valence-electron chi connectivity index (χ1n) is 7.78. The zero-order valence-corrected chi connectivity index (χ0v) is 14.9. The van der Waals surface area contributed by atoms with Gasteiger partial charge in [-0.05, 0) is 22.4 Å². The van der Waals surface area contributed by atoms with Gasteiger partial charge in [0.1, 0.15) is 5.69 Å². The van der Waals surface area contributed by atoms with Crippen LogP contribution in [0.1, 0.15) is 21.7 Å².